The van der Waals surface area contributed by atoms with Gasteiger partial charge in [0.15, 0.2) is 11.5 Å². The number of primary amides is 1. The highest BCUT2D eigenvalue weighted by molar-refractivity contribution is 7.19. The van der Waals surface area contributed by atoms with E-state index >= 15 is 0 Å². The number of rotatable bonds is 10. The van der Waals surface area contributed by atoms with E-state index in [1.54, 1.807) is 65.7 Å². The zero-order valence-electron chi connectivity index (χ0n) is 33.3. The van der Waals surface area contributed by atoms with Crippen molar-refractivity contribution < 1.29 is 27.8 Å². The summed E-state index contributed by atoms with van der Waals surface area (Å²) in [5, 5.41) is 17.4. The number of nitrogens with zero attached hydrogens (tertiary/aromatic N) is 9. The van der Waals surface area contributed by atoms with Crippen molar-refractivity contribution in [3.8, 4) is 11.5 Å². The summed E-state index contributed by atoms with van der Waals surface area (Å²) in [6.07, 6.45) is 11.9. The molecule has 2 atom stereocenters. The Morgan fingerprint density at radius 1 is 0.902 bits per heavy atom. The minimum atomic E-state index is -2.58. The number of pyridine rings is 2. The predicted molar refractivity (Wildman–Crippen MR) is 229 cm³/mol. The Morgan fingerprint density at radius 2 is 1.52 bits per heavy atom. The average molecular weight is 867 g/mol. The zero-order valence-corrected chi connectivity index (χ0v) is 34.9. The lowest BCUT2D eigenvalue weighted by atomic mass is 9.87. The third kappa shape index (κ3) is 7.83. The fourth-order valence-corrected chi connectivity index (χ4v) is 10.6. The minimum Gasteiger partial charge on any atom is -0.493 e. The van der Waals surface area contributed by atoms with Gasteiger partial charge in [-0.25, -0.2) is 32.8 Å². The number of nitrogens with two attached hydrogens (primary N) is 1. The molecule has 20 heteroatoms. The van der Waals surface area contributed by atoms with Gasteiger partial charge in [-0.15, -0.1) is 22.7 Å². The first-order valence-corrected chi connectivity index (χ1v) is 21.1. The number of aromatic nitrogens is 8. The molecule has 2 amide bonds. The second-order valence-corrected chi connectivity index (χ2v) is 17.0. The fraction of sp³-hybridized carbons (Fsp3) is 0.317. The lowest BCUT2D eigenvalue weighted by Crippen LogP contribution is -2.38. The first kappa shape index (κ1) is 39.9. The maximum absolute atomic E-state index is 13.0. The second kappa shape index (κ2) is 16.5. The number of halogens is 2. The average Bonchev–Trinajstić information content (AvgIpc) is 4.06. The van der Waals surface area contributed by atoms with Gasteiger partial charge in [0.05, 0.1) is 61.0 Å². The van der Waals surface area contributed by atoms with Gasteiger partial charge in [-0.05, 0) is 73.9 Å². The first-order valence-electron chi connectivity index (χ1n) is 19.5. The van der Waals surface area contributed by atoms with Crippen molar-refractivity contribution in [2.45, 2.75) is 45.0 Å². The van der Waals surface area contributed by atoms with Crippen LogP contribution in [0.1, 0.15) is 33.7 Å². The summed E-state index contributed by atoms with van der Waals surface area (Å²) in [6, 6.07) is 7.59. The van der Waals surface area contributed by atoms with Gasteiger partial charge in [0, 0.05) is 52.6 Å². The van der Waals surface area contributed by atoms with Gasteiger partial charge >= 0.3 is 0 Å². The van der Waals surface area contributed by atoms with E-state index in [9.17, 15) is 18.4 Å². The van der Waals surface area contributed by atoms with Crippen molar-refractivity contribution in [3.63, 3.8) is 0 Å². The number of anilines is 4. The molecule has 0 aromatic carbocycles. The minimum absolute atomic E-state index is 0.00600. The van der Waals surface area contributed by atoms with Crippen LogP contribution in [-0.2, 0) is 35.3 Å². The van der Waals surface area contributed by atoms with Crippen LogP contribution in [-0.4, -0.2) is 90.1 Å². The molecule has 0 spiro atoms. The Hall–Kier alpha value is -6.54. The summed E-state index contributed by atoms with van der Waals surface area (Å²) in [5.74, 6) is 1.17. The normalized spacial score (nSPS) is 16.0. The lowest BCUT2D eigenvalue weighted by molar-refractivity contribution is -0.136. The van der Waals surface area contributed by atoms with Crippen LogP contribution in [0.15, 0.2) is 61.6 Å². The molecule has 2 aliphatic rings. The number of fused-ring (bicyclic) bond motifs is 8. The number of amides is 2. The summed E-state index contributed by atoms with van der Waals surface area (Å²) in [7, 11) is 4.60. The molecule has 0 aliphatic heterocycles. The van der Waals surface area contributed by atoms with Crippen LogP contribution in [0.2, 0.25) is 0 Å². The predicted octanol–water partition coefficient (Wildman–Crippen LogP) is 6.60. The van der Waals surface area contributed by atoms with E-state index in [1.165, 1.54) is 28.8 Å². The van der Waals surface area contributed by atoms with E-state index < -0.39 is 13.0 Å². The molecule has 8 aromatic rings. The van der Waals surface area contributed by atoms with Crippen LogP contribution in [0.3, 0.4) is 0 Å². The topological polar surface area (TPSA) is 192 Å². The van der Waals surface area contributed by atoms with Crippen LogP contribution >= 0.6 is 22.7 Å². The van der Waals surface area contributed by atoms with Crippen molar-refractivity contribution in [1.29, 1.82) is 0 Å². The van der Waals surface area contributed by atoms with E-state index in [1.807, 2.05) is 30.5 Å². The maximum atomic E-state index is 13.0. The third-order valence-electron chi connectivity index (χ3n) is 11.1. The number of aryl methyl sites for hydroxylation is 2. The van der Waals surface area contributed by atoms with Crippen molar-refractivity contribution in [2.24, 2.45) is 17.6 Å². The van der Waals surface area contributed by atoms with Crippen LogP contribution in [0.4, 0.5) is 31.9 Å². The van der Waals surface area contributed by atoms with Gasteiger partial charge in [-0.3, -0.25) is 9.59 Å². The number of hydrogen-bond donors (Lipinski definition) is 3. The first-order chi connectivity index (χ1) is 29.6. The van der Waals surface area contributed by atoms with Crippen LogP contribution in [0.25, 0.3) is 31.5 Å². The standard InChI is InChI=1S/C30H29F2N9O3S.C11H11N3OS/c1-39(15-25(31)32)29(42)16-4-5-19-24(10-16)45-28-26(19)27(35-20-11-17-6-8-33-40(17)13-22(20)43-2)37-30(38-28)36-21-12-18-7-9-34-41(18)14-23(21)44-3;12-10(15)6-1-2-7-8-4-13-5-14-11(8)16-9(7)3-6/h6-9,11-14,16,25H,4-5,10,15H2,1-3H3,(H2,35,36,37,38);4-6H,1-3H2,(H2,12,15). The Morgan fingerprint density at radius 3 is 2.20 bits per heavy atom. The smallest absolute Gasteiger partial charge is 0.255 e. The van der Waals surface area contributed by atoms with E-state index in [0.29, 0.717) is 53.9 Å². The number of hydrogen-bond acceptors (Lipinski definition) is 14. The van der Waals surface area contributed by atoms with Crippen LogP contribution in [0, 0.1) is 11.8 Å². The number of thiophene rings is 2. The monoisotopic (exact) mass is 866 g/mol. The van der Waals surface area contributed by atoms with Crippen molar-refractivity contribution in [1.82, 2.24) is 44.1 Å². The lowest BCUT2D eigenvalue weighted by Gasteiger charge is -2.26. The number of ether oxygens (including phenoxy) is 2. The molecule has 61 heavy (non-hydrogen) atoms. The molecule has 0 fully saturated rings. The molecule has 314 valence electrons. The fourth-order valence-electron chi connectivity index (χ4n) is 8.07. The summed E-state index contributed by atoms with van der Waals surface area (Å²) in [4.78, 5) is 47.4. The van der Waals surface area contributed by atoms with Gasteiger partial charge in [-0.2, -0.15) is 15.2 Å². The number of nitrogens with one attached hydrogen (secondary N) is 2. The summed E-state index contributed by atoms with van der Waals surface area (Å²) in [6.45, 7) is -0.582. The maximum Gasteiger partial charge on any atom is 0.255 e. The van der Waals surface area contributed by atoms with E-state index in [-0.39, 0.29) is 23.7 Å². The highest BCUT2D eigenvalue weighted by Crippen LogP contribution is 2.43. The molecular weight excluding hydrogens is 827 g/mol. The molecule has 0 radical (unpaired) electrons. The van der Waals surface area contributed by atoms with Crippen molar-refractivity contribution in [3.05, 3.63) is 82.5 Å². The summed E-state index contributed by atoms with van der Waals surface area (Å²) < 4.78 is 40.7. The van der Waals surface area contributed by atoms with E-state index in [4.69, 9.17) is 25.2 Å². The second-order valence-electron chi connectivity index (χ2n) is 14.9. The largest absolute Gasteiger partial charge is 0.493 e. The number of alkyl halides is 2. The van der Waals surface area contributed by atoms with Gasteiger partial charge < -0.3 is 30.7 Å². The molecule has 2 aliphatic carbocycles. The van der Waals surface area contributed by atoms with E-state index in [2.05, 4.69) is 30.8 Å². The molecule has 8 heterocycles. The summed E-state index contributed by atoms with van der Waals surface area (Å²) in [5.41, 5.74) is 10.8. The van der Waals surface area contributed by atoms with Gasteiger partial charge in [0.1, 0.15) is 21.8 Å². The molecule has 0 saturated heterocycles. The molecule has 4 N–H and O–H groups in total. The molecule has 0 saturated carbocycles. The van der Waals surface area contributed by atoms with Gasteiger partial charge in [-0.1, -0.05) is 0 Å². The zero-order chi connectivity index (χ0) is 42.4. The number of methoxy groups -OCH3 is 2. The Balaban J connectivity index is 0.000000248. The Labute approximate surface area is 354 Å². The molecule has 8 aromatic heterocycles. The molecule has 10 rings (SSSR count). The quantitative estimate of drug-likeness (QED) is 0.134. The molecule has 2 unspecified atom stereocenters. The summed E-state index contributed by atoms with van der Waals surface area (Å²) >= 11 is 3.14. The SMILES string of the molecule is COc1cn2nccc2cc1Nc1nc(Nc2cc3ccnn3cc2OC)c2c3c(sc2n1)CC(C(=O)N(C)CC(F)F)CC3.NC(=O)C1CCc2c(sc3ncncc23)C1. The van der Waals surface area contributed by atoms with E-state index in [0.717, 1.165) is 66.1 Å². The van der Waals surface area contributed by atoms with Crippen LogP contribution in [0.5, 0.6) is 11.5 Å². The molecule has 16 nitrogen and oxygen atoms in total. The highest BCUT2D eigenvalue weighted by atomic mass is 32.1. The van der Waals surface area contributed by atoms with Gasteiger partial charge in [0.25, 0.3) is 6.43 Å². The third-order valence-corrected chi connectivity index (χ3v) is 13.4. The number of carbonyl (C=O) groups is 2. The van der Waals surface area contributed by atoms with Gasteiger partial charge in [0.2, 0.25) is 17.8 Å². The number of carbonyl (C=O) groups excluding carboxylic acids is 2. The molecular formula is C41H40F2N12O4S2. The van der Waals surface area contributed by atoms with Crippen molar-refractivity contribution >= 4 is 89.1 Å². The Kier molecular flexibility index (Phi) is 10.8. The van der Waals surface area contributed by atoms with Crippen molar-refractivity contribution in [2.75, 3.05) is 38.4 Å². The highest BCUT2D eigenvalue weighted by Gasteiger charge is 2.32. The Bertz CT molecular complexity index is 2950. The molecule has 0 bridgehead atoms. The van der Waals surface area contributed by atoms with Crippen LogP contribution < -0.4 is 25.8 Å².